The highest BCUT2D eigenvalue weighted by Gasteiger charge is 2.12. The summed E-state index contributed by atoms with van der Waals surface area (Å²) < 4.78 is 27.8. The van der Waals surface area contributed by atoms with Gasteiger partial charge in [-0.1, -0.05) is 17.6 Å². The molecule has 0 fully saturated rings. The van der Waals surface area contributed by atoms with E-state index in [4.69, 9.17) is 0 Å². The average molecular weight is 199 g/mol. The van der Waals surface area contributed by atoms with Crippen molar-refractivity contribution in [3.8, 4) is 11.3 Å². The van der Waals surface area contributed by atoms with Crippen molar-refractivity contribution >= 4 is 11.5 Å². The third kappa shape index (κ3) is 1.27. The molecule has 2 aromatic rings. The predicted molar refractivity (Wildman–Crippen MR) is 48.6 cm³/mol. The molecular weight excluding hydrogens is 192 g/mol. The summed E-state index contributed by atoms with van der Waals surface area (Å²) in [5, 5.41) is 1.79. The maximum absolute atomic E-state index is 13.2. The third-order valence-corrected chi connectivity index (χ3v) is 2.73. The van der Waals surface area contributed by atoms with Crippen molar-refractivity contribution in [3.63, 3.8) is 0 Å². The van der Waals surface area contributed by atoms with Crippen LogP contribution in [0.3, 0.4) is 0 Å². The van der Waals surface area contributed by atoms with Gasteiger partial charge in [0.05, 0.1) is 5.69 Å². The van der Waals surface area contributed by atoms with Gasteiger partial charge >= 0.3 is 0 Å². The van der Waals surface area contributed by atoms with Gasteiger partial charge in [0.25, 0.3) is 0 Å². The SMILES string of the molecule is Cn1scc1-c1cccc(F)c1F. The van der Waals surface area contributed by atoms with Crippen LogP contribution < -0.4 is 0 Å². The van der Waals surface area contributed by atoms with Crippen molar-refractivity contribution < 1.29 is 8.78 Å². The van der Waals surface area contributed by atoms with Gasteiger partial charge in [-0.05, 0) is 12.1 Å². The maximum Gasteiger partial charge on any atom is 0.168 e. The standard InChI is InChI=1S/C9H7F2NS/c1-12-8(5-13-12)6-3-2-4-7(10)9(6)11/h2-5H,1H3. The number of aryl methyl sites for hydroxylation is 1. The van der Waals surface area contributed by atoms with Crippen LogP contribution in [0.5, 0.6) is 0 Å². The summed E-state index contributed by atoms with van der Waals surface area (Å²) in [5.41, 5.74) is 1.04. The second kappa shape index (κ2) is 2.96. The first-order valence-corrected chi connectivity index (χ1v) is 4.59. The van der Waals surface area contributed by atoms with Gasteiger partial charge in [-0.2, -0.15) is 0 Å². The summed E-state index contributed by atoms with van der Waals surface area (Å²) in [6.45, 7) is 0. The molecule has 0 aliphatic heterocycles. The number of hydrogen-bond acceptors (Lipinski definition) is 1. The Hall–Kier alpha value is -1.16. The zero-order chi connectivity index (χ0) is 9.42. The minimum atomic E-state index is -0.802. The van der Waals surface area contributed by atoms with E-state index in [9.17, 15) is 8.78 Å². The Bertz CT molecular complexity index is 431. The highest BCUT2D eigenvalue weighted by molar-refractivity contribution is 7.06. The van der Waals surface area contributed by atoms with E-state index < -0.39 is 11.6 Å². The van der Waals surface area contributed by atoms with Crippen LogP contribution in [0.1, 0.15) is 0 Å². The van der Waals surface area contributed by atoms with Crippen LogP contribution in [0.4, 0.5) is 8.78 Å². The Morgan fingerprint density at radius 1 is 1.31 bits per heavy atom. The molecule has 1 aromatic carbocycles. The number of halogens is 2. The van der Waals surface area contributed by atoms with Gasteiger partial charge in [0, 0.05) is 18.0 Å². The maximum atomic E-state index is 13.2. The largest absolute Gasteiger partial charge is 0.300 e. The molecule has 13 heavy (non-hydrogen) atoms. The lowest BCUT2D eigenvalue weighted by Crippen LogP contribution is -1.98. The molecule has 0 spiro atoms. The number of nitrogens with zero attached hydrogens (tertiary/aromatic N) is 1. The second-order valence-electron chi connectivity index (χ2n) is 2.71. The first kappa shape index (κ1) is 8.44. The Labute approximate surface area is 78.4 Å². The van der Waals surface area contributed by atoms with E-state index in [1.54, 1.807) is 15.4 Å². The van der Waals surface area contributed by atoms with Crippen LogP contribution in [0.15, 0.2) is 23.6 Å². The summed E-state index contributed by atoms with van der Waals surface area (Å²) in [6, 6.07) is 4.19. The van der Waals surface area contributed by atoms with Crippen molar-refractivity contribution in [2.75, 3.05) is 0 Å². The fourth-order valence-corrected chi connectivity index (χ4v) is 1.79. The first-order valence-electron chi connectivity index (χ1n) is 3.75. The molecule has 0 saturated carbocycles. The van der Waals surface area contributed by atoms with Crippen molar-refractivity contribution in [1.82, 2.24) is 3.96 Å². The zero-order valence-corrected chi connectivity index (χ0v) is 7.74. The highest BCUT2D eigenvalue weighted by atomic mass is 32.1. The number of hydrogen-bond donors (Lipinski definition) is 0. The highest BCUT2D eigenvalue weighted by Crippen LogP contribution is 2.27. The molecule has 1 nitrogen and oxygen atoms in total. The number of aromatic nitrogens is 1. The molecule has 0 unspecified atom stereocenters. The van der Waals surface area contributed by atoms with Gasteiger partial charge in [0.15, 0.2) is 11.6 Å². The van der Waals surface area contributed by atoms with Gasteiger partial charge in [0.1, 0.15) is 0 Å². The van der Waals surface area contributed by atoms with E-state index in [0.29, 0.717) is 5.56 Å². The van der Waals surface area contributed by atoms with Crippen LogP contribution in [0, 0.1) is 11.6 Å². The fourth-order valence-electron chi connectivity index (χ4n) is 1.15. The molecule has 0 bridgehead atoms. The molecule has 2 rings (SSSR count). The molecule has 0 saturated heterocycles. The fraction of sp³-hybridized carbons (Fsp3) is 0.111. The lowest BCUT2D eigenvalue weighted by atomic mass is 10.1. The van der Waals surface area contributed by atoms with E-state index >= 15 is 0 Å². The second-order valence-corrected chi connectivity index (χ2v) is 3.70. The summed E-state index contributed by atoms with van der Waals surface area (Å²) in [6.07, 6.45) is 0. The normalized spacial score (nSPS) is 10.7. The Balaban J connectivity index is 2.56. The summed E-state index contributed by atoms with van der Waals surface area (Å²) in [7, 11) is 1.81. The lowest BCUT2D eigenvalue weighted by molar-refractivity contribution is 0.510. The third-order valence-electron chi connectivity index (χ3n) is 1.89. The van der Waals surface area contributed by atoms with Crippen molar-refractivity contribution in [2.45, 2.75) is 0 Å². The molecule has 4 heteroatoms. The Morgan fingerprint density at radius 3 is 2.62 bits per heavy atom. The van der Waals surface area contributed by atoms with Gasteiger partial charge in [-0.3, -0.25) is 3.96 Å². The average Bonchev–Trinajstić information content (AvgIpc) is 2.10. The minimum Gasteiger partial charge on any atom is -0.300 e. The van der Waals surface area contributed by atoms with Crippen molar-refractivity contribution in [2.24, 2.45) is 7.05 Å². The molecule has 1 aromatic heterocycles. The topological polar surface area (TPSA) is 4.93 Å². The molecule has 0 aliphatic rings. The first-order chi connectivity index (χ1) is 6.20. The zero-order valence-electron chi connectivity index (χ0n) is 6.92. The number of rotatable bonds is 1. The van der Waals surface area contributed by atoms with Gasteiger partial charge in [-0.25, -0.2) is 8.78 Å². The predicted octanol–water partition coefficient (Wildman–Crippen LogP) is 3.03. The Kier molecular flexibility index (Phi) is 1.92. The molecular formula is C9H7F2NS. The van der Waals surface area contributed by atoms with Gasteiger partial charge in [0.2, 0.25) is 0 Å². The summed E-state index contributed by atoms with van der Waals surface area (Å²) in [5.74, 6) is -1.58. The Morgan fingerprint density at radius 2 is 2.08 bits per heavy atom. The molecule has 0 aliphatic carbocycles. The molecule has 0 N–H and O–H groups in total. The van der Waals surface area contributed by atoms with Crippen molar-refractivity contribution in [3.05, 3.63) is 35.2 Å². The quantitative estimate of drug-likeness (QED) is 0.665. The number of benzene rings is 1. The van der Waals surface area contributed by atoms with Gasteiger partial charge in [-0.15, -0.1) is 0 Å². The van der Waals surface area contributed by atoms with Crippen LogP contribution >= 0.6 is 11.5 Å². The van der Waals surface area contributed by atoms with Gasteiger partial charge < -0.3 is 0 Å². The molecule has 68 valence electrons. The van der Waals surface area contributed by atoms with E-state index in [0.717, 1.165) is 11.8 Å². The van der Waals surface area contributed by atoms with Crippen LogP contribution in [0.25, 0.3) is 11.3 Å². The summed E-state index contributed by atoms with van der Waals surface area (Å²) >= 11 is 1.46. The van der Waals surface area contributed by atoms with Crippen LogP contribution in [-0.4, -0.2) is 3.96 Å². The molecule has 0 atom stereocenters. The lowest BCUT2D eigenvalue weighted by Gasteiger charge is -2.11. The summed E-state index contributed by atoms with van der Waals surface area (Å²) in [4.78, 5) is 0. The van der Waals surface area contributed by atoms with Crippen molar-refractivity contribution in [1.29, 1.82) is 0 Å². The smallest absolute Gasteiger partial charge is 0.168 e. The molecule has 0 amide bonds. The van der Waals surface area contributed by atoms with Crippen LogP contribution in [-0.2, 0) is 7.05 Å². The van der Waals surface area contributed by atoms with E-state index in [1.165, 1.54) is 17.6 Å². The monoisotopic (exact) mass is 199 g/mol. The van der Waals surface area contributed by atoms with Crippen LogP contribution in [0.2, 0.25) is 0 Å². The van der Waals surface area contributed by atoms with E-state index in [-0.39, 0.29) is 0 Å². The molecule has 0 radical (unpaired) electrons. The molecule has 1 heterocycles. The van der Waals surface area contributed by atoms with E-state index in [1.807, 2.05) is 7.05 Å². The minimum absolute atomic E-state index is 0.321. The van der Waals surface area contributed by atoms with E-state index in [2.05, 4.69) is 0 Å².